The Morgan fingerprint density at radius 2 is 1.00 bits per heavy atom. The van der Waals surface area contributed by atoms with Crippen LogP contribution in [0.5, 0.6) is 0 Å². The van der Waals surface area contributed by atoms with E-state index in [0.29, 0.717) is 6.42 Å². The minimum Gasteiger partial charge on any atom is -0.387 e. The van der Waals surface area contributed by atoms with E-state index in [2.05, 4.69) is 43.5 Å². The normalized spacial score (nSPS) is 14.3. The molecule has 0 aromatic heterocycles. The topological polar surface area (TPSA) is 131 Å². The van der Waals surface area contributed by atoms with Crippen molar-refractivity contribution < 1.29 is 28.4 Å². The van der Waals surface area contributed by atoms with Crippen LogP contribution in [0.15, 0.2) is 36.5 Å². The molecule has 0 aliphatic heterocycles. The average molecular weight is 797 g/mol. The lowest BCUT2D eigenvalue weighted by molar-refractivity contribution is -0.123. The number of unbranched alkanes of at least 4 members (excludes halogenated alkanes) is 27. The molecule has 0 radical (unpaired) electrons. The van der Waals surface area contributed by atoms with Crippen LogP contribution in [-0.4, -0.2) is 47.8 Å². The van der Waals surface area contributed by atoms with Crippen LogP contribution in [0.4, 0.5) is 0 Å². The monoisotopic (exact) mass is 797 g/mol. The Morgan fingerprint density at radius 3 is 1.47 bits per heavy atom. The summed E-state index contributed by atoms with van der Waals surface area (Å²) in [6.07, 6.45) is 50.5. The highest BCUT2D eigenvalue weighted by molar-refractivity contribution is 7.47. The first-order valence-corrected chi connectivity index (χ1v) is 24.6. The number of phosphoric ester groups is 1. The van der Waals surface area contributed by atoms with Crippen molar-refractivity contribution in [2.24, 2.45) is 5.73 Å². The summed E-state index contributed by atoms with van der Waals surface area (Å²) in [5.74, 6) is -0.201. The number of hydrogen-bond donors (Lipinski definition) is 4. The van der Waals surface area contributed by atoms with Gasteiger partial charge in [0.15, 0.2) is 0 Å². The quantitative estimate of drug-likeness (QED) is 0.0274. The van der Waals surface area contributed by atoms with Crippen LogP contribution >= 0.6 is 7.82 Å². The molecule has 0 saturated heterocycles. The molecule has 1 amide bonds. The maximum Gasteiger partial charge on any atom is 0.472 e. The van der Waals surface area contributed by atoms with Crippen LogP contribution < -0.4 is 11.1 Å². The molecule has 0 aromatic rings. The fourth-order valence-corrected chi connectivity index (χ4v) is 7.45. The van der Waals surface area contributed by atoms with Crippen molar-refractivity contribution in [3.05, 3.63) is 36.5 Å². The molecule has 9 heteroatoms. The van der Waals surface area contributed by atoms with Crippen LogP contribution in [-0.2, 0) is 18.4 Å². The molecule has 8 nitrogen and oxygen atoms in total. The Hall–Kier alpha value is -1.28. The highest BCUT2D eigenvalue weighted by Crippen LogP contribution is 2.43. The van der Waals surface area contributed by atoms with E-state index < -0.39 is 20.0 Å². The number of phosphoric acid groups is 1. The average Bonchev–Trinajstić information content (AvgIpc) is 3.17. The Kier molecular flexibility index (Phi) is 41.3. The van der Waals surface area contributed by atoms with E-state index in [4.69, 9.17) is 14.8 Å². The molecule has 0 aliphatic carbocycles. The summed E-state index contributed by atoms with van der Waals surface area (Å²) in [4.78, 5) is 22.7. The zero-order valence-corrected chi connectivity index (χ0v) is 36.8. The molecule has 55 heavy (non-hydrogen) atoms. The summed E-state index contributed by atoms with van der Waals surface area (Å²) in [7, 11) is -4.34. The molecule has 0 bridgehead atoms. The molecule has 0 fully saturated rings. The standard InChI is InChI=1S/C46H89N2O6P/c1-3-5-7-9-11-13-15-17-19-21-22-24-25-27-29-31-33-35-37-39-45(49)44(43-54-55(51,52)53-42-41-47)48-46(50)40-38-36-34-32-30-28-26-23-20-18-16-14-12-10-8-6-4-2/h12,14,18,20,37,39,44-45,49H,3-11,13,15-17,19,21-36,38,40-43,47H2,1-2H3,(H,48,50)(H,51,52)/b14-12-,20-18-,39-37+. The molecule has 5 N–H and O–H groups in total. The number of hydrogen-bond acceptors (Lipinski definition) is 6. The summed E-state index contributed by atoms with van der Waals surface area (Å²) in [5.41, 5.74) is 5.38. The summed E-state index contributed by atoms with van der Waals surface area (Å²) < 4.78 is 22.2. The second kappa shape index (κ2) is 42.3. The molecule has 0 saturated carbocycles. The summed E-state index contributed by atoms with van der Waals surface area (Å²) in [6.45, 7) is 4.12. The van der Waals surface area contributed by atoms with Gasteiger partial charge in [0.1, 0.15) is 0 Å². The highest BCUT2D eigenvalue weighted by Gasteiger charge is 2.26. The number of aliphatic hydroxyl groups excluding tert-OH is 1. The van der Waals surface area contributed by atoms with E-state index in [1.807, 2.05) is 6.08 Å². The third-order valence-corrected chi connectivity index (χ3v) is 11.2. The molecular formula is C46H89N2O6P. The summed E-state index contributed by atoms with van der Waals surface area (Å²) >= 11 is 0. The van der Waals surface area contributed by atoms with E-state index in [-0.39, 0.29) is 25.7 Å². The van der Waals surface area contributed by atoms with Gasteiger partial charge in [-0.2, -0.15) is 0 Å². The van der Waals surface area contributed by atoms with Gasteiger partial charge in [-0.1, -0.05) is 198 Å². The van der Waals surface area contributed by atoms with Gasteiger partial charge in [-0.15, -0.1) is 0 Å². The van der Waals surface area contributed by atoms with Gasteiger partial charge in [-0.3, -0.25) is 13.8 Å². The minimum atomic E-state index is -4.34. The number of allylic oxidation sites excluding steroid dienone is 5. The zero-order chi connectivity index (χ0) is 40.3. The van der Waals surface area contributed by atoms with Gasteiger partial charge in [-0.05, 0) is 51.4 Å². The number of carbonyl (C=O) groups excluding carboxylic acids is 1. The zero-order valence-electron chi connectivity index (χ0n) is 35.9. The number of nitrogens with two attached hydrogens (primary N) is 1. The molecule has 0 spiro atoms. The molecular weight excluding hydrogens is 707 g/mol. The van der Waals surface area contributed by atoms with E-state index in [9.17, 15) is 19.4 Å². The molecule has 0 rings (SSSR count). The highest BCUT2D eigenvalue weighted by atomic mass is 31.2. The van der Waals surface area contributed by atoms with Gasteiger partial charge < -0.3 is 21.1 Å². The van der Waals surface area contributed by atoms with E-state index in [1.165, 1.54) is 148 Å². The molecule has 3 unspecified atom stereocenters. The second-order valence-corrected chi connectivity index (χ2v) is 17.1. The predicted molar refractivity (Wildman–Crippen MR) is 235 cm³/mol. The van der Waals surface area contributed by atoms with Crippen molar-refractivity contribution in [1.29, 1.82) is 0 Å². The fraction of sp³-hybridized carbons (Fsp3) is 0.848. The number of amides is 1. The largest absolute Gasteiger partial charge is 0.472 e. The van der Waals surface area contributed by atoms with Crippen molar-refractivity contribution in [2.45, 2.75) is 231 Å². The predicted octanol–water partition coefficient (Wildman–Crippen LogP) is 13.1. The maximum atomic E-state index is 12.8. The number of rotatable bonds is 43. The number of nitrogens with one attached hydrogen (secondary N) is 1. The van der Waals surface area contributed by atoms with E-state index in [0.717, 1.165) is 51.4 Å². The molecule has 3 atom stereocenters. The Labute approximate surface area is 340 Å². The second-order valence-electron chi connectivity index (χ2n) is 15.6. The lowest BCUT2D eigenvalue weighted by Gasteiger charge is -2.23. The first kappa shape index (κ1) is 53.7. The van der Waals surface area contributed by atoms with Crippen LogP contribution in [0, 0.1) is 0 Å². The van der Waals surface area contributed by atoms with Crippen molar-refractivity contribution in [1.82, 2.24) is 5.32 Å². The first-order valence-electron chi connectivity index (χ1n) is 23.1. The van der Waals surface area contributed by atoms with Gasteiger partial charge in [0.2, 0.25) is 5.91 Å². The molecule has 0 heterocycles. The van der Waals surface area contributed by atoms with Crippen molar-refractivity contribution in [3.63, 3.8) is 0 Å². The van der Waals surface area contributed by atoms with Gasteiger partial charge in [0.25, 0.3) is 0 Å². The SMILES string of the molecule is CCCCC/C=C\C/C=C\CCCCCCCCCC(=O)NC(COP(=O)(O)OCCN)C(O)/C=C/CCCCCCCCCCCCCCCCCCC. The van der Waals surface area contributed by atoms with Gasteiger partial charge in [0.05, 0.1) is 25.4 Å². The number of carbonyl (C=O) groups is 1. The fourth-order valence-electron chi connectivity index (χ4n) is 6.69. The van der Waals surface area contributed by atoms with Crippen molar-refractivity contribution in [3.8, 4) is 0 Å². The third kappa shape index (κ3) is 40.7. The van der Waals surface area contributed by atoms with Crippen LogP contribution in [0.2, 0.25) is 0 Å². The molecule has 0 aliphatic rings. The van der Waals surface area contributed by atoms with Crippen LogP contribution in [0.3, 0.4) is 0 Å². The molecule has 324 valence electrons. The van der Waals surface area contributed by atoms with Crippen LogP contribution in [0.1, 0.15) is 219 Å². The van der Waals surface area contributed by atoms with Crippen LogP contribution in [0.25, 0.3) is 0 Å². The Morgan fingerprint density at radius 1 is 0.600 bits per heavy atom. The van der Waals surface area contributed by atoms with Gasteiger partial charge >= 0.3 is 7.82 Å². The minimum absolute atomic E-state index is 0.0769. The van der Waals surface area contributed by atoms with E-state index in [1.54, 1.807) is 6.08 Å². The summed E-state index contributed by atoms with van der Waals surface area (Å²) in [5, 5.41) is 13.7. The lowest BCUT2D eigenvalue weighted by atomic mass is 10.0. The van der Waals surface area contributed by atoms with E-state index >= 15 is 0 Å². The third-order valence-electron chi connectivity index (χ3n) is 10.2. The first-order chi connectivity index (χ1) is 26.9. The van der Waals surface area contributed by atoms with Crippen molar-refractivity contribution in [2.75, 3.05) is 19.8 Å². The smallest absolute Gasteiger partial charge is 0.387 e. The maximum absolute atomic E-state index is 12.8. The van der Waals surface area contributed by atoms with Crippen molar-refractivity contribution >= 4 is 13.7 Å². The Balaban J connectivity index is 4.19. The Bertz CT molecular complexity index is 959. The lowest BCUT2D eigenvalue weighted by Crippen LogP contribution is -2.45. The summed E-state index contributed by atoms with van der Waals surface area (Å²) in [6, 6.07) is -0.864. The molecule has 0 aromatic carbocycles. The van der Waals surface area contributed by atoms with Gasteiger partial charge in [0, 0.05) is 13.0 Å². The number of aliphatic hydroxyl groups is 1. The van der Waals surface area contributed by atoms with Gasteiger partial charge in [-0.25, -0.2) is 4.57 Å².